The van der Waals surface area contributed by atoms with Gasteiger partial charge in [-0.25, -0.2) is 0 Å². The highest BCUT2D eigenvalue weighted by Gasteiger charge is 2.50. The number of para-hydroxylation sites is 1. The molecule has 1 N–H and O–H groups in total. The summed E-state index contributed by atoms with van der Waals surface area (Å²) in [6, 6.07) is 24.3. The third kappa shape index (κ3) is 4.53. The highest BCUT2D eigenvalue weighted by atomic mass is 16.5. The van der Waals surface area contributed by atoms with E-state index in [2.05, 4.69) is 5.32 Å². The number of amides is 2. The Kier molecular flexibility index (Phi) is 6.31. The van der Waals surface area contributed by atoms with E-state index in [4.69, 9.17) is 4.74 Å². The Labute approximate surface area is 194 Å². The Hall–Kier alpha value is -3.86. The summed E-state index contributed by atoms with van der Waals surface area (Å²) in [5, 5.41) is 3.03. The van der Waals surface area contributed by atoms with Gasteiger partial charge >= 0.3 is 0 Å². The van der Waals surface area contributed by atoms with Gasteiger partial charge in [0.15, 0.2) is 0 Å². The number of nitrogens with zero attached hydrogens (tertiary/aromatic N) is 1. The van der Waals surface area contributed by atoms with Crippen LogP contribution in [-0.2, 0) is 21.5 Å². The molecule has 5 nitrogen and oxygen atoms in total. The Morgan fingerprint density at radius 1 is 0.970 bits per heavy atom. The zero-order chi connectivity index (χ0) is 23.4. The number of anilines is 1. The fourth-order valence-electron chi connectivity index (χ4n) is 4.37. The van der Waals surface area contributed by atoms with E-state index in [0.717, 1.165) is 28.1 Å². The number of hydrogen-bond donors (Lipinski definition) is 1. The SMILES string of the molecule is COc1ccc(CNC(=O)C2N(C(=O)/C=C/c3ccccc3)c3ccccc3C2(C)C)cc1. The van der Waals surface area contributed by atoms with E-state index in [1.165, 1.54) is 6.08 Å². The summed E-state index contributed by atoms with van der Waals surface area (Å²) in [5.74, 6) is 0.356. The molecule has 0 aliphatic carbocycles. The maximum atomic E-state index is 13.5. The first kappa shape index (κ1) is 22.3. The maximum absolute atomic E-state index is 13.5. The van der Waals surface area contributed by atoms with Crippen molar-refractivity contribution in [3.63, 3.8) is 0 Å². The lowest BCUT2D eigenvalue weighted by Gasteiger charge is -2.31. The van der Waals surface area contributed by atoms with E-state index in [1.807, 2.05) is 92.7 Å². The molecule has 2 amide bonds. The van der Waals surface area contributed by atoms with Crippen molar-refractivity contribution in [2.45, 2.75) is 31.8 Å². The predicted molar refractivity (Wildman–Crippen MR) is 131 cm³/mol. The minimum atomic E-state index is -0.666. The van der Waals surface area contributed by atoms with Gasteiger partial charge in [-0.1, -0.05) is 74.5 Å². The van der Waals surface area contributed by atoms with Gasteiger partial charge in [0.2, 0.25) is 5.91 Å². The van der Waals surface area contributed by atoms with Crippen LogP contribution in [-0.4, -0.2) is 25.0 Å². The van der Waals surface area contributed by atoms with Crippen molar-refractivity contribution in [1.29, 1.82) is 0 Å². The summed E-state index contributed by atoms with van der Waals surface area (Å²) in [7, 11) is 1.62. The van der Waals surface area contributed by atoms with Crippen LogP contribution < -0.4 is 15.0 Å². The predicted octanol–water partition coefficient (Wildman–Crippen LogP) is 4.72. The number of hydrogen-bond acceptors (Lipinski definition) is 3. The summed E-state index contributed by atoms with van der Waals surface area (Å²) < 4.78 is 5.20. The molecule has 1 atom stereocenters. The molecular weight excluding hydrogens is 412 g/mol. The van der Waals surface area contributed by atoms with Crippen molar-refractivity contribution in [3.8, 4) is 5.75 Å². The number of fused-ring (bicyclic) bond motifs is 1. The van der Waals surface area contributed by atoms with Gasteiger partial charge in [0.25, 0.3) is 5.91 Å². The van der Waals surface area contributed by atoms with Gasteiger partial charge < -0.3 is 10.1 Å². The van der Waals surface area contributed by atoms with Crippen LogP contribution in [0.5, 0.6) is 5.75 Å². The minimum Gasteiger partial charge on any atom is -0.497 e. The number of benzene rings is 3. The summed E-state index contributed by atoms with van der Waals surface area (Å²) in [4.78, 5) is 28.5. The van der Waals surface area contributed by atoms with Crippen LogP contribution in [0.3, 0.4) is 0 Å². The van der Waals surface area contributed by atoms with Gasteiger partial charge in [0.05, 0.1) is 7.11 Å². The molecule has 1 unspecified atom stereocenters. The number of ether oxygens (including phenoxy) is 1. The highest BCUT2D eigenvalue weighted by Crippen LogP contribution is 2.45. The topological polar surface area (TPSA) is 58.6 Å². The standard InChI is InChI=1S/C28H28N2O3/c1-28(2)23-11-7-8-12-24(23)30(25(31)18-15-20-9-5-4-6-10-20)26(28)27(32)29-19-21-13-16-22(33-3)17-14-21/h4-18,26H,19H2,1-3H3,(H,29,32)/b18-15+. The van der Waals surface area contributed by atoms with Crippen LogP contribution in [0.25, 0.3) is 6.08 Å². The van der Waals surface area contributed by atoms with Gasteiger partial charge in [-0.15, -0.1) is 0 Å². The molecular formula is C28H28N2O3. The van der Waals surface area contributed by atoms with Crippen LogP contribution >= 0.6 is 0 Å². The summed E-state index contributed by atoms with van der Waals surface area (Å²) in [6.45, 7) is 4.39. The zero-order valence-electron chi connectivity index (χ0n) is 19.1. The monoisotopic (exact) mass is 440 g/mol. The minimum absolute atomic E-state index is 0.187. The van der Waals surface area contributed by atoms with Gasteiger partial charge in [0.1, 0.15) is 11.8 Å². The van der Waals surface area contributed by atoms with Gasteiger partial charge in [0, 0.05) is 23.7 Å². The van der Waals surface area contributed by atoms with Crippen molar-refractivity contribution in [2.75, 3.05) is 12.0 Å². The summed E-state index contributed by atoms with van der Waals surface area (Å²) in [6.07, 6.45) is 3.32. The van der Waals surface area contributed by atoms with E-state index in [1.54, 1.807) is 18.1 Å². The second-order valence-electron chi connectivity index (χ2n) is 8.66. The molecule has 3 aromatic rings. The third-order valence-electron chi connectivity index (χ3n) is 6.13. The lowest BCUT2D eigenvalue weighted by Crippen LogP contribution is -2.53. The first-order chi connectivity index (χ1) is 15.9. The molecule has 1 aliphatic heterocycles. The maximum Gasteiger partial charge on any atom is 0.251 e. The molecule has 0 fully saturated rings. The number of nitrogens with one attached hydrogen (secondary N) is 1. The summed E-state index contributed by atoms with van der Waals surface area (Å²) >= 11 is 0. The molecule has 1 heterocycles. The molecule has 5 heteroatoms. The smallest absolute Gasteiger partial charge is 0.251 e. The number of carbonyl (C=O) groups is 2. The van der Waals surface area contributed by atoms with Crippen molar-refractivity contribution >= 4 is 23.6 Å². The third-order valence-corrected chi connectivity index (χ3v) is 6.13. The molecule has 0 saturated carbocycles. The molecule has 4 rings (SSSR count). The van der Waals surface area contributed by atoms with Crippen LogP contribution in [0.2, 0.25) is 0 Å². The zero-order valence-corrected chi connectivity index (χ0v) is 19.1. The quantitative estimate of drug-likeness (QED) is 0.565. The number of carbonyl (C=O) groups excluding carboxylic acids is 2. The Balaban J connectivity index is 1.60. The Morgan fingerprint density at radius 2 is 1.64 bits per heavy atom. The van der Waals surface area contributed by atoms with Crippen molar-refractivity contribution < 1.29 is 14.3 Å². The molecule has 0 spiro atoms. The van der Waals surface area contributed by atoms with Crippen molar-refractivity contribution in [1.82, 2.24) is 5.32 Å². The van der Waals surface area contributed by atoms with E-state index in [9.17, 15) is 9.59 Å². The van der Waals surface area contributed by atoms with Crippen LogP contribution in [0.4, 0.5) is 5.69 Å². The lowest BCUT2D eigenvalue weighted by molar-refractivity contribution is -0.126. The van der Waals surface area contributed by atoms with E-state index < -0.39 is 11.5 Å². The van der Waals surface area contributed by atoms with Gasteiger partial charge in [-0.3, -0.25) is 14.5 Å². The molecule has 0 radical (unpaired) electrons. The molecule has 33 heavy (non-hydrogen) atoms. The highest BCUT2D eigenvalue weighted by molar-refractivity contribution is 6.10. The van der Waals surface area contributed by atoms with Gasteiger partial charge in [-0.05, 0) is 41.0 Å². The average Bonchev–Trinajstić information content (AvgIpc) is 3.09. The molecule has 1 aliphatic rings. The fraction of sp³-hybridized carbons (Fsp3) is 0.214. The lowest BCUT2D eigenvalue weighted by atomic mass is 9.80. The number of methoxy groups -OCH3 is 1. The Bertz CT molecular complexity index is 1170. The second kappa shape index (κ2) is 9.33. The van der Waals surface area contributed by atoms with E-state index in [0.29, 0.717) is 6.54 Å². The van der Waals surface area contributed by atoms with Crippen LogP contribution in [0, 0.1) is 0 Å². The molecule has 3 aromatic carbocycles. The normalized spacial score (nSPS) is 16.5. The second-order valence-corrected chi connectivity index (χ2v) is 8.66. The molecule has 0 aromatic heterocycles. The van der Waals surface area contributed by atoms with E-state index in [-0.39, 0.29) is 11.8 Å². The number of rotatable bonds is 6. The van der Waals surface area contributed by atoms with Crippen LogP contribution in [0.1, 0.15) is 30.5 Å². The fourth-order valence-corrected chi connectivity index (χ4v) is 4.37. The first-order valence-corrected chi connectivity index (χ1v) is 11.0. The molecule has 0 saturated heterocycles. The summed E-state index contributed by atoms with van der Waals surface area (Å²) in [5.41, 5.74) is 3.10. The first-order valence-electron chi connectivity index (χ1n) is 11.0. The molecule has 168 valence electrons. The molecule has 0 bridgehead atoms. The van der Waals surface area contributed by atoms with Crippen LogP contribution in [0.15, 0.2) is 84.9 Å². The van der Waals surface area contributed by atoms with Crippen molar-refractivity contribution in [3.05, 3.63) is 102 Å². The average molecular weight is 441 g/mol. The van der Waals surface area contributed by atoms with E-state index >= 15 is 0 Å². The largest absolute Gasteiger partial charge is 0.497 e. The van der Waals surface area contributed by atoms with Gasteiger partial charge in [-0.2, -0.15) is 0 Å². The van der Waals surface area contributed by atoms with Crippen molar-refractivity contribution in [2.24, 2.45) is 0 Å². The Morgan fingerprint density at radius 3 is 2.33 bits per heavy atom.